The summed E-state index contributed by atoms with van der Waals surface area (Å²) in [6, 6.07) is 14.6. The molecule has 2 unspecified atom stereocenters. The molecular weight excluding hydrogens is 286 g/mol. The number of nitrogens with zero attached hydrogens (tertiary/aromatic N) is 1. The second-order valence-electron chi connectivity index (χ2n) is 4.91. The van der Waals surface area contributed by atoms with Crippen LogP contribution in [-0.4, -0.2) is 22.6 Å². The first kappa shape index (κ1) is 13.7. The normalized spacial score (nSPS) is 22.4. The second kappa shape index (κ2) is 6.02. The van der Waals surface area contributed by atoms with Gasteiger partial charge in [0.05, 0.1) is 5.25 Å². The van der Waals surface area contributed by atoms with Gasteiger partial charge in [-0.25, -0.2) is 0 Å². The highest BCUT2D eigenvalue weighted by Crippen LogP contribution is 2.44. The fourth-order valence-corrected chi connectivity index (χ4v) is 4.70. The summed E-state index contributed by atoms with van der Waals surface area (Å²) in [5.74, 6) is 0.268. The van der Waals surface area contributed by atoms with E-state index in [0.29, 0.717) is 0 Å². The molecule has 2 heterocycles. The molecule has 104 valence electrons. The third kappa shape index (κ3) is 2.76. The van der Waals surface area contributed by atoms with Crippen molar-refractivity contribution >= 4 is 29.0 Å². The maximum Gasteiger partial charge on any atom is 0.236 e. The van der Waals surface area contributed by atoms with Crippen molar-refractivity contribution in [2.45, 2.75) is 24.0 Å². The van der Waals surface area contributed by atoms with Crippen LogP contribution < -0.4 is 0 Å². The van der Waals surface area contributed by atoms with E-state index in [0.717, 1.165) is 13.0 Å². The van der Waals surface area contributed by atoms with Gasteiger partial charge in [0.25, 0.3) is 0 Å². The highest BCUT2D eigenvalue weighted by molar-refractivity contribution is 8.01. The molecule has 1 aliphatic heterocycles. The van der Waals surface area contributed by atoms with Gasteiger partial charge in [-0.1, -0.05) is 36.4 Å². The summed E-state index contributed by atoms with van der Waals surface area (Å²) in [5.41, 5.74) is 1.29. The van der Waals surface area contributed by atoms with Gasteiger partial charge in [0.2, 0.25) is 5.91 Å². The summed E-state index contributed by atoms with van der Waals surface area (Å²) in [5, 5.41) is 2.35. The Labute approximate surface area is 127 Å². The van der Waals surface area contributed by atoms with E-state index in [1.54, 1.807) is 23.1 Å². The molecule has 1 aromatic heterocycles. The molecule has 2 aromatic rings. The monoisotopic (exact) mass is 303 g/mol. The van der Waals surface area contributed by atoms with Crippen molar-refractivity contribution in [2.75, 3.05) is 6.54 Å². The van der Waals surface area contributed by atoms with Gasteiger partial charge in [-0.05, 0) is 30.4 Å². The number of hydrogen-bond acceptors (Lipinski definition) is 3. The number of amides is 1. The van der Waals surface area contributed by atoms with E-state index < -0.39 is 0 Å². The largest absolute Gasteiger partial charge is 0.324 e. The van der Waals surface area contributed by atoms with Crippen molar-refractivity contribution in [3.8, 4) is 0 Å². The third-order valence-corrected chi connectivity index (χ3v) is 5.97. The Morgan fingerprint density at radius 3 is 2.65 bits per heavy atom. The van der Waals surface area contributed by atoms with Crippen LogP contribution >= 0.6 is 23.1 Å². The summed E-state index contributed by atoms with van der Waals surface area (Å²) in [6.07, 6.45) is 0.918. The smallest absolute Gasteiger partial charge is 0.236 e. The Morgan fingerprint density at radius 2 is 1.95 bits per heavy atom. The zero-order chi connectivity index (χ0) is 13.9. The molecule has 0 spiro atoms. The molecule has 0 N–H and O–H groups in total. The molecule has 1 saturated heterocycles. The number of rotatable bonds is 4. The average Bonchev–Trinajstić information content (AvgIpc) is 3.08. The predicted molar refractivity (Wildman–Crippen MR) is 86.0 cm³/mol. The summed E-state index contributed by atoms with van der Waals surface area (Å²) >= 11 is 3.50. The van der Waals surface area contributed by atoms with Gasteiger partial charge >= 0.3 is 0 Å². The van der Waals surface area contributed by atoms with Gasteiger partial charge in [-0.15, -0.1) is 23.1 Å². The molecule has 0 saturated carbocycles. The minimum Gasteiger partial charge on any atom is -0.324 e. The second-order valence-corrected chi connectivity index (χ2v) is 7.32. The molecule has 1 fully saturated rings. The summed E-state index contributed by atoms with van der Waals surface area (Å²) in [7, 11) is 0. The number of hydrogen-bond donors (Lipinski definition) is 0. The molecule has 20 heavy (non-hydrogen) atoms. The first-order chi connectivity index (χ1) is 9.75. The molecule has 1 amide bonds. The van der Waals surface area contributed by atoms with E-state index in [1.165, 1.54) is 10.4 Å². The minimum absolute atomic E-state index is 0.0675. The van der Waals surface area contributed by atoms with Crippen molar-refractivity contribution in [3.05, 3.63) is 58.3 Å². The van der Waals surface area contributed by atoms with Crippen LogP contribution in [0.3, 0.4) is 0 Å². The quantitative estimate of drug-likeness (QED) is 0.852. The topological polar surface area (TPSA) is 20.3 Å². The van der Waals surface area contributed by atoms with Gasteiger partial charge in [0, 0.05) is 11.4 Å². The molecular formula is C16H17NOS2. The summed E-state index contributed by atoms with van der Waals surface area (Å²) in [4.78, 5) is 15.7. The van der Waals surface area contributed by atoms with E-state index >= 15 is 0 Å². The van der Waals surface area contributed by atoms with E-state index in [4.69, 9.17) is 0 Å². The fourth-order valence-electron chi connectivity index (χ4n) is 2.45. The number of thioether (sulfide) groups is 1. The van der Waals surface area contributed by atoms with Gasteiger partial charge in [0.15, 0.2) is 0 Å². The van der Waals surface area contributed by atoms with Gasteiger partial charge in [-0.2, -0.15) is 0 Å². The Bertz CT molecular complexity index is 567. The van der Waals surface area contributed by atoms with E-state index in [1.807, 2.05) is 17.9 Å². The lowest BCUT2D eigenvalue weighted by Gasteiger charge is -2.23. The molecule has 4 heteroatoms. The lowest BCUT2D eigenvalue weighted by atomic mass is 10.1. The van der Waals surface area contributed by atoms with Crippen molar-refractivity contribution in [2.24, 2.45) is 0 Å². The molecule has 0 bridgehead atoms. The molecule has 1 aromatic carbocycles. The van der Waals surface area contributed by atoms with Gasteiger partial charge in [0.1, 0.15) is 5.37 Å². The average molecular weight is 303 g/mol. The van der Waals surface area contributed by atoms with Crippen molar-refractivity contribution < 1.29 is 4.79 Å². The van der Waals surface area contributed by atoms with Crippen LogP contribution in [0.5, 0.6) is 0 Å². The standard InChI is InChI=1S/C16H17NOS2/c1-12-15(18)17(10-9-13-6-3-2-4-7-13)16(20-12)14-8-5-11-19-14/h2-8,11-12,16H,9-10H2,1H3. The highest BCUT2D eigenvalue weighted by atomic mass is 32.2. The number of thiophene rings is 1. The summed E-state index contributed by atoms with van der Waals surface area (Å²) < 4.78 is 0. The number of carbonyl (C=O) groups excluding carboxylic acids is 1. The zero-order valence-corrected chi connectivity index (χ0v) is 13.0. The highest BCUT2D eigenvalue weighted by Gasteiger charge is 2.38. The molecule has 2 atom stereocenters. The van der Waals surface area contributed by atoms with Crippen molar-refractivity contribution in [1.82, 2.24) is 4.90 Å². The lowest BCUT2D eigenvalue weighted by molar-refractivity contribution is -0.129. The van der Waals surface area contributed by atoms with E-state index in [9.17, 15) is 4.79 Å². The third-order valence-electron chi connectivity index (χ3n) is 3.52. The SMILES string of the molecule is CC1SC(c2cccs2)N(CCc2ccccc2)C1=O. The van der Waals surface area contributed by atoms with E-state index in [2.05, 4.69) is 41.8 Å². The molecule has 2 nitrogen and oxygen atoms in total. The predicted octanol–water partition coefficient (Wildman–Crippen LogP) is 3.95. The molecule has 3 rings (SSSR count). The van der Waals surface area contributed by atoms with Crippen molar-refractivity contribution in [3.63, 3.8) is 0 Å². The fraction of sp³-hybridized carbons (Fsp3) is 0.312. The van der Waals surface area contributed by atoms with Gasteiger partial charge < -0.3 is 4.90 Å². The Hall–Kier alpha value is -1.26. The Balaban J connectivity index is 1.73. The maximum atomic E-state index is 12.3. The Morgan fingerprint density at radius 1 is 1.15 bits per heavy atom. The van der Waals surface area contributed by atoms with Crippen LogP contribution in [0.25, 0.3) is 0 Å². The van der Waals surface area contributed by atoms with Crippen LogP contribution in [0.4, 0.5) is 0 Å². The Kier molecular flexibility index (Phi) is 4.13. The number of benzene rings is 1. The van der Waals surface area contributed by atoms with Crippen molar-refractivity contribution in [1.29, 1.82) is 0 Å². The minimum atomic E-state index is 0.0675. The zero-order valence-electron chi connectivity index (χ0n) is 11.4. The van der Waals surface area contributed by atoms with E-state index in [-0.39, 0.29) is 16.5 Å². The van der Waals surface area contributed by atoms with Crippen LogP contribution in [0.1, 0.15) is 22.7 Å². The number of carbonyl (C=O) groups is 1. The lowest BCUT2D eigenvalue weighted by Crippen LogP contribution is -2.31. The summed E-state index contributed by atoms with van der Waals surface area (Å²) in [6.45, 7) is 2.80. The first-order valence-corrected chi connectivity index (χ1v) is 8.61. The van der Waals surface area contributed by atoms with Gasteiger partial charge in [-0.3, -0.25) is 4.79 Å². The van der Waals surface area contributed by atoms with Crippen LogP contribution in [0.2, 0.25) is 0 Å². The van der Waals surface area contributed by atoms with Crippen LogP contribution in [-0.2, 0) is 11.2 Å². The van der Waals surface area contributed by atoms with Crippen LogP contribution in [0.15, 0.2) is 47.8 Å². The molecule has 1 aliphatic rings. The first-order valence-electron chi connectivity index (χ1n) is 6.79. The van der Waals surface area contributed by atoms with Crippen LogP contribution in [0, 0.1) is 0 Å². The molecule has 0 aliphatic carbocycles. The molecule has 0 radical (unpaired) electrons. The maximum absolute atomic E-state index is 12.3.